The first kappa shape index (κ1) is 16.8. The van der Waals surface area contributed by atoms with Crippen LogP contribution in [0.3, 0.4) is 0 Å². The van der Waals surface area contributed by atoms with Gasteiger partial charge in [0.2, 0.25) is 0 Å². The van der Waals surface area contributed by atoms with Gasteiger partial charge in [-0.1, -0.05) is 0 Å². The average molecular weight is 307 g/mol. The number of hydrogen-bond acceptors (Lipinski definition) is 3. The first-order valence-electron chi connectivity index (χ1n) is 6.77. The fourth-order valence-corrected chi connectivity index (χ4v) is 3.26. The van der Waals surface area contributed by atoms with E-state index in [9.17, 15) is 0 Å². The summed E-state index contributed by atoms with van der Waals surface area (Å²) in [6.45, 7) is 7.19. The summed E-state index contributed by atoms with van der Waals surface area (Å²) in [7, 11) is 0. The Morgan fingerprint density at radius 2 is 1.89 bits per heavy atom. The number of rotatable bonds is 3. The highest BCUT2D eigenvalue weighted by Gasteiger charge is 2.38. The van der Waals surface area contributed by atoms with Crippen LogP contribution in [0, 0.1) is 5.41 Å². The molecule has 0 saturated carbocycles. The Morgan fingerprint density at radius 3 is 2.58 bits per heavy atom. The van der Waals surface area contributed by atoms with Crippen molar-refractivity contribution in [2.75, 3.05) is 32.7 Å². The molecule has 0 bridgehead atoms. The molecule has 2 aliphatic heterocycles. The topological polar surface area (TPSA) is 33.1 Å². The highest BCUT2D eigenvalue weighted by atomic mass is 35.5. The smallest absolute Gasteiger partial charge is 0.0536 e. The first-order valence-corrected chi connectivity index (χ1v) is 6.77. The lowest BCUT2D eigenvalue weighted by Crippen LogP contribution is -2.39. The van der Waals surface area contributed by atoms with E-state index < -0.39 is 0 Å². The predicted molar refractivity (Wildman–Crippen MR) is 82.3 cm³/mol. The minimum Gasteiger partial charge on any atom is -0.317 e. The second kappa shape index (κ2) is 7.48. The molecule has 6 heteroatoms. The Bertz CT molecular complexity index is 350. The number of hydrogen-bond donors (Lipinski definition) is 1. The molecule has 2 aliphatic rings. The minimum atomic E-state index is 0. The van der Waals surface area contributed by atoms with Crippen molar-refractivity contribution in [3.63, 3.8) is 0 Å². The lowest BCUT2D eigenvalue weighted by molar-refractivity contribution is 0.193. The van der Waals surface area contributed by atoms with Crippen molar-refractivity contribution >= 4 is 24.8 Å². The molecular weight excluding hydrogens is 283 g/mol. The molecule has 1 aromatic rings. The molecule has 2 fully saturated rings. The lowest BCUT2D eigenvalue weighted by Gasteiger charge is -2.33. The SMILES string of the molecule is Cl.Cl.c1cnn(CCN2CCC3(CCNCC3)C2)c1. The molecular formula is C13H24Cl2N4. The zero-order chi connectivity index (χ0) is 11.6. The second-order valence-electron chi connectivity index (χ2n) is 5.55. The minimum absolute atomic E-state index is 0. The van der Waals surface area contributed by atoms with Crippen molar-refractivity contribution in [3.8, 4) is 0 Å². The molecule has 2 saturated heterocycles. The van der Waals surface area contributed by atoms with E-state index >= 15 is 0 Å². The summed E-state index contributed by atoms with van der Waals surface area (Å²) < 4.78 is 2.04. The summed E-state index contributed by atoms with van der Waals surface area (Å²) in [5.41, 5.74) is 0.634. The van der Waals surface area contributed by atoms with Gasteiger partial charge in [-0.3, -0.25) is 4.68 Å². The Labute approximate surface area is 127 Å². The zero-order valence-corrected chi connectivity index (χ0v) is 12.9. The van der Waals surface area contributed by atoms with Crippen LogP contribution in [0.25, 0.3) is 0 Å². The van der Waals surface area contributed by atoms with Gasteiger partial charge in [0, 0.05) is 25.5 Å². The summed E-state index contributed by atoms with van der Waals surface area (Å²) in [4.78, 5) is 2.62. The standard InChI is InChI=1S/C13H22N4.2ClH/c1-5-15-17(8-1)11-10-16-9-4-13(12-16)2-6-14-7-3-13;;/h1,5,8,14H,2-4,6-7,9-12H2;2*1H. The van der Waals surface area contributed by atoms with Crippen molar-refractivity contribution in [2.45, 2.75) is 25.8 Å². The summed E-state index contributed by atoms with van der Waals surface area (Å²) in [5, 5.41) is 7.73. The van der Waals surface area contributed by atoms with E-state index in [4.69, 9.17) is 0 Å². The van der Waals surface area contributed by atoms with Crippen LogP contribution in [-0.4, -0.2) is 47.4 Å². The highest BCUT2D eigenvalue weighted by molar-refractivity contribution is 5.85. The number of aromatic nitrogens is 2. The van der Waals surface area contributed by atoms with Crippen LogP contribution >= 0.6 is 24.8 Å². The third-order valence-corrected chi connectivity index (χ3v) is 4.39. The van der Waals surface area contributed by atoms with E-state index in [1.54, 1.807) is 0 Å². The molecule has 0 unspecified atom stereocenters. The van der Waals surface area contributed by atoms with Crippen molar-refractivity contribution in [1.29, 1.82) is 0 Å². The summed E-state index contributed by atoms with van der Waals surface area (Å²) in [5.74, 6) is 0. The van der Waals surface area contributed by atoms with E-state index in [-0.39, 0.29) is 24.8 Å². The molecule has 3 heterocycles. The molecule has 1 N–H and O–H groups in total. The largest absolute Gasteiger partial charge is 0.317 e. The number of piperidine rings is 1. The fraction of sp³-hybridized carbons (Fsp3) is 0.769. The van der Waals surface area contributed by atoms with Crippen LogP contribution < -0.4 is 5.32 Å². The van der Waals surface area contributed by atoms with E-state index in [0.717, 1.165) is 13.1 Å². The Kier molecular flexibility index (Phi) is 6.60. The molecule has 3 rings (SSSR count). The van der Waals surface area contributed by atoms with Crippen molar-refractivity contribution in [2.24, 2.45) is 5.41 Å². The third kappa shape index (κ3) is 4.09. The van der Waals surface area contributed by atoms with Crippen LogP contribution in [0.15, 0.2) is 18.5 Å². The molecule has 0 amide bonds. The van der Waals surface area contributed by atoms with Gasteiger partial charge in [-0.15, -0.1) is 24.8 Å². The van der Waals surface area contributed by atoms with Gasteiger partial charge in [0.05, 0.1) is 6.54 Å². The maximum atomic E-state index is 4.26. The summed E-state index contributed by atoms with van der Waals surface area (Å²) in [6.07, 6.45) is 8.04. The van der Waals surface area contributed by atoms with E-state index in [2.05, 4.69) is 21.5 Å². The van der Waals surface area contributed by atoms with E-state index in [0.29, 0.717) is 5.41 Å². The third-order valence-electron chi connectivity index (χ3n) is 4.39. The van der Waals surface area contributed by atoms with Crippen LogP contribution in [0.5, 0.6) is 0 Å². The van der Waals surface area contributed by atoms with Gasteiger partial charge < -0.3 is 10.2 Å². The molecule has 0 atom stereocenters. The van der Waals surface area contributed by atoms with Gasteiger partial charge in [-0.25, -0.2) is 0 Å². The normalized spacial score (nSPS) is 21.9. The first-order chi connectivity index (χ1) is 8.36. The van der Waals surface area contributed by atoms with E-state index in [1.807, 2.05) is 16.9 Å². The maximum absolute atomic E-state index is 4.26. The van der Waals surface area contributed by atoms with Gasteiger partial charge >= 0.3 is 0 Å². The Balaban J connectivity index is 0.000000902. The van der Waals surface area contributed by atoms with Gasteiger partial charge in [0.1, 0.15) is 0 Å². The van der Waals surface area contributed by atoms with Gasteiger partial charge in [0.15, 0.2) is 0 Å². The monoisotopic (exact) mass is 306 g/mol. The molecule has 1 aromatic heterocycles. The number of halogens is 2. The van der Waals surface area contributed by atoms with Crippen molar-refractivity contribution in [1.82, 2.24) is 20.0 Å². The molecule has 110 valence electrons. The quantitative estimate of drug-likeness (QED) is 0.924. The molecule has 4 nitrogen and oxygen atoms in total. The summed E-state index contributed by atoms with van der Waals surface area (Å²) >= 11 is 0. The maximum Gasteiger partial charge on any atom is 0.0536 e. The predicted octanol–water partition coefficient (Wildman–Crippen LogP) is 1.80. The van der Waals surface area contributed by atoms with Crippen LogP contribution in [0.1, 0.15) is 19.3 Å². The Hall–Kier alpha value is -0.290. The Morgan fingerprint density at radius 1 is 1.11 bits per heavy atom. The van der Waals surface area contributed by atoms with E-state index in [1.165, 1.54) is 45.4 Å². The lowest BCUT2D eigenvalue weighted by atomic mass is 9.78. The average Bonchev–Trinajstić information content (AvgIpc) is 2.98. The van der Waals surface area contributed by atoms with Gasteiger partial charge in [-0.2, -0.15) is 5.10 Å². The zero-order valence-electron chi connectivity index (χ0n) is 11.3. The molecule has 0 aromatic carbocycles. The highest BCUT2D eigenvalue weighted by Crippen LogP contribution is 2.38. The molecule has 0 aliphatic carbocycles. The molecule has 19 heavy (non-hydrogen) atoms. The second-order valence-corrected chi connectivity index (χ2v) is 5.55. The number of likely N-dealkylation sites (tertiary alicyclic amines) is 1. The van der Waals surface area contributed by atoms with Crippen LogP contribution in [0.4, 0.5) is 0 Å². The molecule has 1 spiro atoms. The number of nitrogens with zero attached hydrogens (tertiary/aromatic N) is 3. The van der Waals surface area contributed by atoms with Crippen molar-refractivity contribution < 1.29 is 0 Å². The number of nitrogens with one attached hydrogen (secondary N) is 1. The van der Waals surface area contributed by atoms with Crippen LogP contribution in [0.2, 0.25) is 0 Å². The van der Waals surface area contributed by atoms with Crippen LogP contribution in [-0.2, 0) is 6.54 Å². The van der Waals surface area contributed by atoms with Crippen molar-refractivity contribution in [3.05, 3.63) is 18.5 Å². The fourth-order valence-electron chi connectivity index (χ4n) is 3.26. The van der Waals surface area contributed by atoms with Gasteiger partial charge in [0.25, 0.3) is 0 Å². The van der Waals surface area contributed by atoms with Gasteiger partial charge in [-0.05, 0) is 50.4 Å². The summed E-state index contributed by atoms with van der Waals surface area (Å²) in [6, 6.07) is 2.00. The molecule has 0 radical (unpaired) electrons.